The Morgan fingerprint density at radius 3 is 2.32 bits per heavy atom. The van der Waals surface area contributed by atoms with Gasteiger partial charge in [-0.05, 0) is 58.1 Å². The lowest BCUT2D eigenvalue weighted by Crippen LogP contribution is -2.57. The van der Waals surface area contributed by atoms with E-state index in [2.05, 4.69) is 52.1 Å². The monoisotopic (exact) mass is 403 g/mol. The van der Waals surface area contributed by atoms with Gasteiger partial charge in [0.1, 0.15) is 25.0 Å². The van der Waals surface area contributed by atoms with Gasteiger partial charge in [0.25, 0.3) is 0 Å². The van der Waals surface area contributed by atoms with Crippen LogP contribution in [0.5, 0.6) is 0 Å². The zero-order valence-corrected chi connectivity index (χ0v) is 18.6. The molecule has 0 N–H and O–H groups in total. The van der Waals surface area contributed by atoms with Crippen LogP contribution in [0, 0.1) is 0 Å². The minimum Gasteiger partial charge on any atom is -0.370 e. The molecule has 0 saturated heterocycles. The van der Waals surface area contributed by atoms with Crippen LogP contribution in [0.2, 0.25) is 0 Å². The first-order chi connectivity index (χ1) is 13.7. The first kappa shape index (κ1) is 21.2. The molecule has 0 aliphatic heterocycles. The van der Waals surface area contributed by atoms with Crippen molar-refractivity contribution in [1.82, 2.24) is 4.57 Å². The van der Waals surface area contributed by atoms with Crippen LogP contribution in [0.3, 0.4) is 0 Å². The molecule has 0 radical (unpaired) electrons. The second-order valence-corrected chi connectivity index (χ2v) is 9.94. The van der Waals surface area contributed by atoms with Crippen molar-refractivity contribution >= 4 is 14.0 Å². The molecule has 154 valence electrons. The molecular formula is C22H35N2O3Si+. The lowest BCUT2D eigenvalue weighted by Gasteiger charge is -2.28. The highest BCUT2D eigenvalue weighted by molar-refractivity contribution is 6.75. The Kier molecular flexibility index (Phi) is 7.85. The van der Waals surface area contributed by atoms with Crippen molar-refractivity contribution in [2.75, 3.05) is 19.8 Å². The molecule has 0 unspecified atom stereocenters. The molecule has 0 spiro atoms. The molecule has 28 heavy (non-hydrogen) atoms. The maximum atomic E-state index is 6.07. The number of rotatable bonds is 10. The van der Waals surface area contributed by atoms with Gasteiger partial charge in [0.05, 0.1) is 0 Å². The molecule has 1 aliphatic rings. The average molecular weight is 404 g/mol. The molecule has 5 nitrogen and oxygen atoms in total. The molecule has 1 heterocycles. The Morgan fingerprint density at radius 2 is 1.68 bits per heavy atom. The number of hydrogen-bond acceptors (Lipinski definition) is 3. The summed E-state index contributed by atoms with van der Waals surface area (Å²) >= 11 is 0. The number of hydrogen-bond donors (Lipinski definition) is 0. The van der Waals surface area contributed by atoms with Gasteiger partial charge >= 0.3 is 8.80 Å². The summed E-state index contributed by atoms with van der Waals surface area (Å²) in [5, 5.41) is 1.04. The zero-order chi connectivity index (χ0) is 19.8. The Bertz CT molecular complexity index is 711. The number of aromatic nitrogens is 2. The van der Waals surface area contributed by atoms with Crippen molar-refractivity contribution in [3.05, 3.63) is 48.5 Å². The van der Waals surface area contributed by atoms with Gasteiger partial charge in [0, 0.05) is 25.0 Å². The lowest BCUT2D eigenvalue weighted by atomic mass is 9.95. The molecule has 1 fully saturated rings. The van der Waals surface area contributed by atoms with Gasteiger partial charge in [0.2, 0.25) is 6.33 Å². The molecule has 3 rings (SSSR count). The maximum absolute atomic E-state index is 6.07. The van der Waals surface area contributed by atoms with Crippen LogP contribution < -0.4 is 9.75 Å². The summed E-state index contributed by atoms with van der Waals surface area (Å²) in [5.74, 6) is 0. The predicted octanol–water partition coefficient (Wildman–Crippen LogP) is 3.58. The molecule has 0 amide bonds. The lowest BCUT2D eigenvalue weighted by molar-refractivity contribution is -0.688. The molecule has 2 aromatic rings. The van der Waals surface area contributed by atoms with Crippen LogP contribution in [0.1, 0.15) is 64.5 Å². The van der Waals surface area contributed by atoms with E-state index in [9.17, 15) is 0 Å². The van der Waals surface area contributed by atoms with Crippen LogP contribution in [-0.4, -0.2) is 33.2 Å². The SMILES string of the molecule is CCO[Si](OCC)(OCC)c1cccc(C[n+]2ccn(C3CCCCC3)c2)c1. The molecule has 1 aliphatic carbocycles. The Morgan fingerprint density at radius 1 is 1.00 bits per heavy atom. The molecule has 0 bridgehead atoms. The van der Waals surface area contributed by atoms with E-state index in [1.165, 1.54) is 37.7 Å². The highest BCUT2D eigenvalue weighted by Gasteiger charge is 2.43. The fourth-order valence-electron chi connectivity index (χ4n) is 4.12. The number of nitrogens with zero attached hydrogens (tertiary/aromatic N) is 2. The third kappa shape index (κ3) is 5.11. The van der Waals surface area contributed by atoms with Crippen molar-refractivity contribution < 1.29 is 17.8 Å². The second-order valence-electron chi connectivity index (χ2n) is 7.38. The largest absolute Gasteiger partial charge is 0.537 e. The van der Waals surface area contributed by atoms with Crippen molar-refractivity contribution in [3.63, 3.8) is 0 Å². The Labute approximate surface area is 170 Å². The van der Waals surface area contributed by atoms with Crippen LogP contribution >= 0.6 is 0 Å². The normalized spacial score (nSPS) is 15.8. The summed E-state index contributed by atoms with van der Waals surface area (Å²) in [7, 11) is -2.86. The molecule has 1 aromatic carbocycles. The van der Waals surface area contributed by atoms with E-state index in [1.54, 1.807) is 0 Å². The van der Waals surface area contributed by atoms with E-state index in [4.69, 9.17) is 13.3 Å². The summed E-state index contributed by atoms with van der Waals surface area (Å²) < 4.78 is 22.9. The van der Waals surface area contributed by atoms with E-state index < -0.39 is 8.80 Å². The standard InChI is InChI=1S/C22H35N2O3Si/c1-4-25-28(26-5-2,27-6-3)22-14-10-11-20(17-22)18-23-15-16-24(19-23)21-12-8-7-9-13-21/h10-11,14-17,19,21H,4-9,12-13,18H2,1-3H3/q+1. The number of benzene rings is 1. The Balaban J connectivity index is 1.77. The predicted molar refractivity (Wildman–Crippen MR) is 113 cm³/mol. The summed E-state index contributed by atoms with van der Waals surface area (Å²) in [6.45, 7) is 8.55. The quantitative estimate of drug-likeness (QED) is 0.449. The van der Waals surface area contributed by atoms with Gasteiger partial charge < -0.3 is 13.3 Å². The highest BCUT2D eigenvalue weighted by atomic mass is 28.4. The van der Waals surface area contributed by atoms with Gasteiger partial charge in [-0.1, -0.05) is 24.6 Å². The molecule has 6 heteroatoms. The van der Waals surface area contributed by atoms with Crippen LogP contribution in [0.4, 0.5) is 0 Å². The summed E-state index contributed by atoms with van der Waals surface area (Å²) in [4.78, 5) is 0. The van der Waals surface area contributed by atoms with Crippen LogP contribution in [-0.2, 0) is 19.8 Å². The van der Waals surface area contributed by atoms with E-state index in [1.807, 2.05) is 20.8 Å². The van der Waals surface area contributed by atoms with E-state index in [-0.39, 0.29) is 0 Å². The van der Waals surface area contributed by atoms with Crippen molar-refractivity contribution in [2.24, 2.45) is 0 Å². The minimum absolute atomic E-state index is 0.579. The molecule has 1 aromatic heterocycles. The third-order valence-corrected chi connectivity index (χ3v) is 8.38. The maximum Gasteiger partial charge on any atom is 0.537 e. The van der Waals surface area contributed by atoms with Crippen molar-refractivity contribution in [3.8, 4) is 0 Å². The summed E-state index contributed by atoms with van der Waals surface area (Å²) in [5.41, 5.74) is 1.24. The molecule has 0 atom stereocenters. The molecular weight excluding hydrogens is 368 g/mol. The van der Waals surface area contributed by atoms with E-state index in [0.717, 1.165) is 11.7 Å². The van der Waals surface area contributed by atoms with Gasteiger partial charge in [-0.3, -0.25) is 0 Å². The average Bonchev–Trinajstić information content (AvgIpc) is 3.18. The fraction of sp³-hybridized carbons (Fsp3) is 0.591. The molecule has 1 saturated carbocycles. The fourth-order valence-corrected chi connectivity index (χ4v) is 6.67. The van der Waals surface area contributed by atoms with Crippen molar-refractivity contribution in [1.29, 1.82) is 0 Å². The number of imidazole rings is 1. The van der Waals surface area contributed by atoms with Gasteiger partial charge in [-0.15, -0.1) is 0 Å². The van der Waals surface area contributed by atoms with Crippen molar-refractivity contribution in [2.45, 2.75) is 65.5 Å². The van der Waals surface area contributed by atoms with Gasteiger partial charge in [-0.2, -0.15) is 0 Å². The van der Waals surface area contributed by atoms with Crippen LogP contribution in [0.15, 0.2) is 43.0 Å². The zero-order valence-electron chi connectivity index (χ0n) is 17.6. The Hall–Kier alpha value is -1.47. The smallest absolute Gasteiger partial charge is 0.370 e. The third-order valence-electron chi connectivity index (χ3n) is 5.36. The van der Waals surface area contributed by atoms with Gasteiger partial charge in [0.15, 0.2) is 0 Å². The highest BCUT2D eigenvalue weighted by Crippen LogP contribution is 2.27. The summed E-state index contributed by atoms with van der Waals surface area (Å²) in [6.07, 6.45) is 13.3. The van der Waals surface area contributed by atoms with Crippen LogP contribution in [0.25, 0.3) is 0 Å². The minimum atomic E-state index is -2.86. The van der Waals surface area contributed by atoms with E-state index in [0.29, 0.717) is 25.9 Å². The van der Waals surface area contributed by atoms with E-state index >= 15 is 0 Å². The summed E-state index contributed by atoms with van der Waals surface area (Å²) in [6, 6.07) is 9.18. The van der Waals surface area contributed by atoms with Gasteiger partial charge in [-0.25, -0.2) is 9.13 Å². The first-order valence-corrected chi connectivity index (χ1v) is 12.5. The topological polar surface area (TPSA) is 36.5 Å². The second kappa shape index (κ2) is 10.3. The first-order valence-electron chi connectivity index (χ1n) is 10.8.